The van der Waals surface area contributed by atoms with Gasteiger partial charge in [-0.3, -0.25) is 4.79 Å². The Morgan fingerprint density at radius 2 is 1.92 bits per heavy atom. The number of aromatic nitrogens is 3. The van der Waals surface area contributed by atoms with Gasteiger partial charge in [0.2, 0.25) is 0 Å². The van der Waals surface area contributed by atoms with Crippen molar-refractivity contribution >= 4 is 17.3 Å². The Balaban J connectivity index is 1.59. The Morgan fingerprint density at radius 1 is 1.04 bits per heavy atom. The number of nitrogens with zero attached hydrogens (tertiary/aromatic N) is 3. The molecule has 2 heterocycles. The number of hydrogen-bond acceptors (Lipinski definition) is 4. The van der Waals surface area contributed by atoms with E-state index >= 15 is 0 Å². The zero-order chi connectivity index (χ0) is 17.9. The van der Waals surface area contributed by atoms with Crippen molar-refractivity contribution in [1.29, 1.82) is 0 Å². The molecule has 3 N–H and O–H groups in total. The maximum atomic E-state index is 12.4. The highest BCUT2D eigenvalue weighted by Gasteiger charge is 2.16. The summed E-state index contributed by atoms with van der Waals surface area (Å²) in [6, 6.07) is 14.7. The van der Waals surface area contributed by atoms with Gasteiger partial charge in [-0.15, -0.1) is 10.2 Å². The summed E-state index contributed by atoms with van der Waals surface area (Å²) in [4.78, 5) is 12.4. The minimum atomic E-state index is -0.186. The predicted octanol–water partition coefficient (Wildman–Crippen LogP) is 3.51. The second-order valence-electron chi connectivity index (χ2n) is 6.56. The van der Waals surface area contributed by atoms with Crippen LogP contribution >= 0.6 is 0 Å². The van der Waals surface area contributed by atoms with E-state index in [2.05, 4.69) is 20.1 Å². The molecule has 4 rings (SSSR count). The lowest BCUT2D eigenvalue weighted by Gasteiger charge is -2.10. The highest BCUT2D eigenvalue weighted by molar-refractivity contribution is 6.05. The number of fused-ring (bicyclic) bond motifs is 1. The Hall–Kier alpha value is -3.15. The molecule has 1 aliphatic rings. The summed E-state index contributed by atoms with van der Waals surface area (Å²) >= 11 is 0. The summed E-state index contributed by atoms with van der Waals surface area (Å²) in [5.74, 6) is 1.73. The first-order valence-corrected chi connectivity index (χ1v) is 8.90. The number of carbonyl (C=O) groups is 1. The molecule has 0 aliphatic carbocycles. The Bertz CT molecular complexity index is 947. The van der Waals surface area contributed by atoms with Crippen LogP contribution in [-0.4, -0.2) is 20.7 Å². The maximum absolute atomic E-state index is 12.4. The van der Waals surface area contributed by atoms with Crippen LogP contribution in [0.4, 0.5) is 11.4 Å². The molecule has 132 valence electrons. The van der Waals surface area contributed by atoms with Crippen molar-refractivity contribution in [3.05, 3.63) is 59.9 Å². The largest absolute Gasteiger partial charge is 0.399 e. The minimum absolute atomic E-state index is 0.186. The number of benzene rings is 2. The van der Waals surface area contributed by atoms with E-state index in [0.717, 1.165) is 48.7 Å². The number of hydrogen-bond donors (Lipinski definition) is 2. The first kappa shape index (κ1) is 16.3. The summed E-state index contributed by atoms with van der Waals surface area (Å²) in [5, 5.41) is 11.7. The second-order valence-corrected chi connectivity index (χ2v) is 6.56. The number of anilines is 2. The number of aryl methyl sites for hydroxylation is 1. The number of rotatable bonds is 3. The molecule has 1 amide bonds. The third kappa shape index (κ3) is 3.31. The highest BCUT2D eigenvalue weighted by Crippen LogP contribution is 2.25. The average molecular weight is 347 g/mol. The monoisotopic (exact) mass is 347 g/mol. The molecule has 2 aromatic carbocycles. The fraction of sp³-hybridized carbons (Fsp3) is 0.250. The average Bonchev–Trinajstić information content (AvgIpc) is 2.90. The van der Waals surface area contributed by atoms with E-state index in [0.29, 0.717) is 11.3 Å². The third-order valence-electron chi connectivity index (χ3n) is 4.64. The number of carbonyl (C=O) groups excluding carboxylic acids is 1. The van der Waals surface area contributed by atoms with Crippen molar-refractivity contribution in [1.82, 2.24) is 14.8 Å². The lowest BCUT2D eigenvalue weighted by molar-refractivity contribution is 0.102. The predicted molar refractivity (Wildman–Crippen MR) is 102 cm³/mol. The van der Waals surface area contributed by atoms with Crippen molar-refractivity contribution in [3.8, 4) is 11.4 Å². The topological polar surface area (TPSA) is 85.8 Å². The lowest BCUT2D eigenvalue weighted by Crippen LogP contribution is -2.12. The summed E-state index contributed by atoms with van der Waals surface area (Å²) in [6.45, 7) is 0.942. The van der Waals surface area contributed by atoms with E-state index < -0.39 is 0 Å². The van der Waals surface area contributed by atoms with Crippen LogP contribution in [0.1, 0.15) is 35.4 Å². The smallest absolute Gasteiger partial charge is 0.255 e. The molecule has 3 aromatic rings. The Morgan fingerprint density at radius 3 is 2.81 bits per heavy atom. The minimum Gasteiger partial charge on any atom is -0.399 e. The van der Waals surface area contributed by atoms with E-state index in [1.54, 1.807) is 24.3 Å². The summed E-state index contributed by atoms with van der Waals surface area (Å²) in [5.41, 5.74) is 8.54. The van der Waals surface area contributed by atoms with Crippen LogP contribution in [-0.2, 0) is 13.0 Å². The fourth-order valence-corrected chi connectivity index (χ4v) is 3.32. The fourth-order valence-electron chi connectivity index (χ4n) is 3.32. The van der Waals surface area contributed by atoms with Crippen LogP contribution in [0.3, 0.4) is 0 Å². The van der Waals surface area contributed by atoms with Gasteiger partial charge < -0.3 is 15.6 Å². The molecule has 0 saturated carbocycles. The van der Waals surface area contributed by atoms with Crippen LogP contribution in [0.25, 0.3) is 11.4 Å². The molecule has 0 radical (unpaired) electrons. The van der Waals surface area contributed by atoms with Crippen molar-refractivity contribution in [2.45, 2.75) is 32.2 Å². The zero-order valence-corrected chi connectivity index (χ0v) is 14.5. The number of nitrogen functional groups attached to an aromatic ring is 1. The molecule has 0 atom stereocenters. The SMILES string of the molecule is Nc1cccc(C(=O)Nc2cccc(-c3nnc4n3CCCCC4)c2)c1. The molecule has 1 aliphatic heterocycles. The van der Waals surface area contributed by atoms with E-state index in [4.69, 9.17) is 5.73 Å². The van der Waals surface area contributed by atoms with Crippen molar-refractivity contribution in [3.63, 3.8) is 0 Å². The van der Waals surface area contributed by atoms with Gasteiger partial charge in [0.1, 0.15) is 5.82 Å². The van der Waals surface area contributed by atoms with Crippen LogP contribution < -0.4 is 11.1 Å². The molecule has 6 nitrogen and oxygen atoms in total. The van der Waals surface area contributed by atoms with E-state index in [-0.39, 0.29) is 5.91 Å². The third-order valence-corrected chi connectivity index (χ3v) is 4.64. The summed E-state index contributed by atoms with van der Waals surface area (Å²) < 4.78 is 2.20. The van der Waals surface area contributed by atoms with Gasteiger partial charge in [0.15, 0.2) is 5.82 Å². The molecular formula is C20H21N5O. The second kappa shape index (κ2) is 7.00. The lowest BCUT2D eigenvalue weighted by atomic mass is 10.1. The first-order valence-electron chi connectivity index (χ1n) is 8.90. The first-order chi connectivity index (χ1) is 12.7. The van der Waals surface area contributed by atoms with Crippen molar-refractivity contribution < 1.29 is 4.79 Å². The Labute approximate surface area is 152 Å². The molecule has 0 fully saturated rings. The summed E-state index contributed by atoms with van der Waals surface area (Å²) in [7, 11) is 0. The maximum Gasteiger partial charge on any atom is 0.255 e. The molecule has 0 unspecified atom stereocenters. The van der Waals surface area contributed by atoms with Gasteiger partial charge in [0.25, 0.3) is 5.91 Å². The molecule has 0 spiro atoms. The van der Waals surface area contributed by atoms with Crippen molar-refractivity contribution in [2.75, 3.05) is 11.1 Å². The van der Waals surface area contributed by atoms with Gasteiger partial charge in [0, 0.05) is 35.5 Å². The van der Waals surface area contributed by atoms with Gasteiger partial charge in [-0.25, -0.2) is 0 Å². The van der Waals surface area contributed by atoms with Crippen LogP contribution in [0.5, 0.6) is 0 Å². The molecule has 1 aromatic heterocycles. The van der Waals surface area contributed by atoms with Crippen molar-refractivity contribution in [2.24, 2.45) is 0 Å². The van der Waals surface area contributed by atoms with Crippen LogP contribution in [0.15, 0.2) is 48.5 Å². The Kier molecular flexibility index (Phi) is 4.39. The van der Waals surface area contributed by atoms with Gasteiger partial charge in [-0.1, -0.05) is 24.6 Å². The zero-order valence-electron chi connectivity index (χ0n) is 14.5. The number of nitrogens with two attached hydrogens (primary N) is 1. The summed E-state index contributed by atoms with van der Waals surface area (Å²) in [6.07, 6.45) is 4.50. The molecule has 26 heavy (non-hydrogen) atoms. The van der Waals surface area contributed by atoms with E-state index in [9.17, 15) is 4.79 Å². The van der Waals surface area contributed by atoms with Gasteiger partial charge >= 0.3 is 0 Å². The van der Waals surface area contributed by atoms with Gasteiger partial charge in [-0.05, 0) is 43.2 Å². The van der Waals surface area contributed by atoms with E-state index in [1.807, 2.05) is 24.3 Å². The quantitative estimate of drug-likeness (QED) is 0.710. The normalized spacial score (nSPS) is 13.7. The van der Waals surface area contributed by atoms with E-state index in [1.165, 1.54) is 6.42 Å². The van der Waals surface area contributed by atoms with Crippen LogP contribution in [0.2, 0.25) is 0 Å². The molecule has 6 heteroatoms. The van der Waals surface area contributed by atoms with Gasteiger partial charge in [-0.2, -0.15) is 0 Å². The number of amides is 1. The van der Waals surface area contributed by atoms with Gasteiger partial charge in [0.05, 0.1) is 0 Å². The highest BCUT2D eigenvalue weighted by atomic mass is 16.1. The van der Waals surface area contributed by atoms with Crippen LogP contribution in [0, 0.1) is 0 Å². The molecular weight excluding hydrogens is 326 g/mol. The molecule has 0 saturated heterocycles. The molecule has 0 bridgehead atoms. The standard InChI is InChI=1S/C20H21N5O/c21-16-8-4-7-15(12-16)20(26)22-17-9-5-6-14(13-17)19-24-23-18-10-2-1-3-11-25(18)19/h4-9,12-13H,1-3,10-11,21H2,(H,22,26). The number of nitrogens with one attached hydrogen (secondary N) is 1.